The predicted octanol–water partition coefficient (Wildman–Crippen LogP) is 3.94. The summed E-state index contributed by atoms with van der Waals surface area (Å²) in [5.41, 5.74) is 3.69. The summed E-state index contributed by atoms with van der Waals surface area (Å²) >= 11 is 8.05. The number of likely N-dealkylation sites (tertiary alicyclic amines) is 1. The first-order valence-corrected chi connectivity index (χ1v) is 12.7. The lowest BCUT2D eigenvalue weighted by Crippen LogP contribution is -2.28. The number of nitrogens with one attached hydrogen (secondary N) is 1. The first-order valence-electron chi connectivity index (χ1n) is 11.5. The van der Waals surface area contributed by atoms with Gasteiger partial charge >= 0.3 is 0 Å². The zero-order valence-electron chi connectivity index (χ0n) is 18.7. The van der Waals surface area contributed by atoms with Crippen LogP contribution in [0.25, 0.3) is 21.3 Å². The molecule has 7 nitrogen and oxygen atoms in total. The van der Waals surface area contributed by atoms with Crippen molar-refractivity contribution in [3.05, 3.63) is 45.9 Å². The Morgan fingerprint density at radius 1 is 1.21 bits per heavy atom. The van der Waals surface area contributed by atoms with E-state index in [4.69, 9.17) is 21.1 Å². The minimum Gasteiger partial charge on any atom is -0.488 e. The molecule has 6 rings (SSSR count). The van der Waals surface area contributed by atoms with Crippen LogP contribution in [0, 0.1) is 12.8 Å². The molecule has 3 saturated heterocycles. The van der Waals surface area contributed by atoms with Gasteiger partial charge in [-0.3, -0.25) is 19.5 Å². The number of ether oxygens (including phenoxy) is 2. The molecule has 0 radical (unpaired) electrons. The Balaban J connectivity index is 1.39. The maximum atomic E-state index is 12.1. The molecule has 3 aliphatic rings. The van der Waals surface area contributed by atoms with E-state index in [9.17, 15) is 9.59 Å². The smallest absolute Gasteiger partial charge is 0.230 e. The Kier molecular flexibility index (Phi) is 5.56. The van der Waals surface area contributed by atoms with Crippen LogP contribution in [0.2, 0.25) is 5.02 Å². The highest BCUT2D eigenvalue weighted by Crippen LogP contribution is 2.43. The number of aryl methyl sites for hydroxylation is 1. The lowest BCUT2D eigenvalue weighted by molar-refractivity contribution is -0.138. The largest absolute Gasteiger partial charge is 0.488 e. The van der Waals surface area contributed by atoms with Gasteiger partial charge in [0.25, 0.3) is 0 Å². The fourth-order valence-electron chi connectivity index (χ4n) is 5.17. The number of halogens is 1. The SMILES string of the molecule is Cc1cc(Cl)cc(-c2ccnc3cc(CN4C(=O)CCC4=O)sc23)c1O[C@@H]1CN[C@@H]2COC[C@@H]21. The Morgan fingerprint density at radius 3 is 2.85 bits per heavy atom. The molecule has 3 aromatic rings. The summed E-state index contributed by atoms with van der Waals surface area (Å²) in [5.74, 6) is 0.910. The van der Waals surface area contributed by atoms with E-state index in [1.54, 1.807) is 17.5 Å². The minimum absolute atomic E-state index is 0.0227. The molecular weight excluding hydrogens is 474 g/mol. The highest BCUT2D eigenvalue weighted by atomic mass is 35.5. The fraction of sp³-hybridized carbons (Fsp3) is 0.400. The summed E-state index contributed by atoms with van der Waals surface area (Å²) in [6.45, 7) is 4.51. The number of pyridine rings is 1. The van der Waals surface area contributed by atoms with Crippen LogP contribution in [-0.2, 0) is 20.9 Å². The third-order valence-corrected chi connectivity index (χ3v) is 8.27. The molecule has 9 heteroatoms. The Hall–Kier alpha value is -2.52. The molecule has 0 bridgehead atoms. The lowest BCUT2D eigenvalue weighted by atomic mass is 10.00. The Labute approximate surface area is 206 Å². The number of carbonyl (C=O) groups is 2. The quantitative estimate of drug-likeness (QED) is 0.538. The number of amides is 2. The van der Waals surface area contributed by atoms with E-state index >= 15 is 0 Å². The van der Waals surface area contributed by atoms with Crippen molar-refractivity contribution in [2.45, 2.75) is 38.5 Å². The molecular formula is C25H24ClN3O4S. The number of imide groups is 1. The van der Waals surface area contributed by atoms with Gasteiger partial charge in [0.2, 0.25) is 11.8 Å². The van der Waals surface area contributed by atoms with Gasteiger partial charge in [0.05, 0.1) is 30.0 Å². The maximum absolute atomic E-state index is 12.1. The number of fused-ring (bicyclic) bond motifs is 2. The molecule has 3 aliphatic heterocycles. The molecule has 0 spiro atoms. The summed E-state index contributed by atoms with van der Waals surface area (Å²) in [7, 11) is 0. The number of rotatable bonds is 5. The molecule has 1 aromatic carbocycles. The number of hydrogen-bond acceptors (Lipinski definition) is 7. The first-order chi connectivity index (χ1) is 16.5. The fourth-order valence-corrected chi connectivity index (χ4v) is 6.57. The molecule has 0 unspecified atom stereocenters. The van der Waals surface area contributed by atoms with Crippen LogP contribution in [0.4, 0.5) is 0 Å². The lowest BCUT2D eigenvalue weighted by Gasteiger charge is -2.22. The van der Waals surface area contributed by atoms with E-state index in [-0.39, 0.29) is 24.5 Å². The number of benzene rings is 1. The number of thiophene rings is 1. The molecule has 2 amide bonds. The summed E-state index contributed by atoms with van der Waals surface area (Å²) in [5, 5.41) is 4.15. The summed E-state index contributed by atoms with van der Waals surface area (Å²) in [6.07, 6.45) is 2.38. The van der Waals surface area contributed by atoms with Gasteiger partial charge in [-0.05, 0) is 36.8 Å². The van der Waals surface area contributed by atoms with Crippen LogP contribution in [-0.4, -0.2) is 53.6 Å². The van der Waals surface area contributed by atoms with Crippen LogP contribution in [0.5, 0.6) is 5.75 Å². The maximum Gasteiger partial charge on any atom is 0.230 e. The molecule has 0 saturated carbocycles. The van der Waals surface area contributed by atoms with Crippen molar-refractivity contribution < 1.29 is 19.1 Å². The number of nitrogens with zero attached hydrogens (tertiary/aromatic N) is 2. The zero-order chi connectivity index (χ0) is 23.4. The molecule has 176 valence electrons. The second-order valence-corrected chi connectivity index (χ2v) is 10.7. The summed E-state index contributed by atoms with van der Waals surface area (Å²) in [6, 6.07) is 8.14. The van der Waals surface area contributed by atoms with Crippen LogP contribution in [0.1, 0.15) is 23.3 Å². The van der Waals surface area contributed by atoms with Crippen LogP contribution in [0.3, 0.4) is 0 Å². The van der Waals surface area contributed by atoms with E-state index in [2.05, 4.69) is 10.3 Å². The Morgan fingerprint density at radius 2 is 2.03 bits per heavy atom. The normalized spacial score (nSPS) is 24.4. The van der Waals surface area contributed by atoms with E-state index in [0.29, 0.717) is 36.4 Å². The van der Waals surface area contributed by atoms with Gasteiger partial charge in [0.1, 0.15) is 11.9 Å². The van der Waals surface area contributed by atoms with Gasteiger partial charge in [-0.15, -0.1) is 11.3 Å². The van der Waals surface area contributed by atoms with Crippen LogP contribution in [0.15, 0.2) is 30.5 Å². The molecule has 3 fully saturated rings. The molecule has 1 N–H and O–H groups in total. The van der Waals surface area contributed by atoms with Crippen molar-refractivity contribution >= 4 is 45.0 Å². The van der Waals surface area contributed by atoms with Gasteiger partial charge in [-0.1, -0.05) is 11.6 Å². The predicted molar refractivity (Wildman–Crippen MR) is 130 cm³/mol. The van der Waals surface area contributed by atoms with Crippen molar-refractivity contribution in [3.63, 3.8) is 0 Å². The van der Waals surface area contributed by atoms with Crippen LogP contribution >= 0.6 is 22.9 Å². The van der Waals surface area contributed by atoms with E-state index in [1.807, 2.05) is 31.2 Å². The second-order valence-electron chi connectivity index (χ2n) is 9.13. The van der Waals surface area contributed by atoms with Crippen molar-refractivity contribution in [1.82, 2.24) is 15.2 Å². The molecule has 3 atom stereocenters. The van der Waals surface area contributed by atoms with E-state index in [0.717, 1.165) is 50.7 Å². The summed E-state index contributed by atoms with van der Waals surface area (Å²) < 4.78 is 13.3. The monoisotopic (exact) mass is 497 g/mol. The molecule has 5 heterocycles. The van der Waals surface area contributed by atoms with Gasteiger partial charge in [-0.25, -0.2) is 0 Å². The third kappa shape index (κ3) is 3.79. The second kappa shape index (κ2) is 8.61. The van der Waals surface area contributed by atoms with Crippen molar-refractivity contribution in [3.8, 4) is 16.9 Å². The van der Waals surface area contributed by atoms with Crippen molar-refractivity contribution in [2.75, 3.05) is 19.8 Å². The highest BCUT2D eigenvalue weighted by molar-refractivity contribution is 7.19. The Bertz CT molecular complexity index is 1290. The number of carbonyl (C=O) groups excluding carboxylic acids is 2. The highest BCUT2D eigenvalue weighted by Gasteiger charge is 2.42. The number of hydrogen-bond donors (Lipinski definition) is 1. The third-order valence-electron chi connectivity index (χ3n) is 6.91. The van der Waals surface area contributed by atoms with Crippen LogP contribution < -0.4 is 10.1 Å². The number of aromatic nitrogens is 1. The average molecular weight is 498 g/mol. The van der Waals surface area contributed by atoms with Gasteiger partial charge in [0.15, 0.2) is 0 Å². The van der Waals surface area contributed by atoms with Crippen molar-refractivity contribution in [1.29, 1.82) is 0 Å². The topological polar surface area (TPSA) is 80.8 Å². The van der Waals surface area contributed by atoms with Gasteiger partial charge in [0, 0.05) is 58.6 Å². The van der Waals surface area contributed by atoms with Gasteiger partial charge < -0.3 is 14.8 Å². The average Bonchev–Trinajstić information content (AvgIpc) is 3.57. The minimum atomic E-state index is -0.115. The van der Waals surface area contributed by atoms with E-state index in [1.165, 1.54) is 4.90 Å². The first kappa shape index (κ1) is 22.0. The molecule has 0 aliphatic carbocycles. The standard InChI is InChI=1S/C25H24ClN3O4S/c1-13-6-14(26)7-17(24(13)33-21-9-28-20-12-32-11-18(20)21)16-4-5-27-19-8-15(34-25(16)19)10-29-22(30)2-3-23(29)31/h4-8,18,20-21,28H,2-3,9-12H2,1H3/t18-,20+,21+/m0/s1. The zero-order valence-corrected chi connectivity index (χ0v) is 20.2. The molecule has 2 aromatic heterocycles. The van der Waals surface area contributed by atoms with E-state index < -0.39 is 0 Å². The summed E-state index contributed by atoms with van der Waals surface area (Å²) in [4.78, 5) is 31.0. The van der Waals surface area contributed by atoms with Gasteiger partial charge in [-0.2, -0.15) is 0 Å². The molecule has 34 heavy (non-hydrogen) atoms. The van der Waals surface area contributed by atoms with Crippen molar-refractivity contribution in [2.24, 2.45) is 5.92 Å².